The molecule has 2 N–H and O–H groups in total. The highest BCUT2D eigenvalue weighted by molar-refractivity contribution is 5.98. The van der Waals surface area contributed by atoms with Crippen LogP contribution in [-0.4, -0.2) is 21.9 Å². The quantitative estimate of drug-likeness (QED) is 0.633. The standard InChI is InChI=1S/C11H9FN2O5/c12-8-3-5(14(18)19)1-2-9(8)13-10(15)6-4-7(6)11(16)17/h1-3,6-7H,4H2,(H,13,15)(H,16,17). The van der Waals surface area contributed by atoms with Gasteiger partial charge in [0.25, 0.3) is 5.69 Å². The number of non-ortho nitro benzene ring substituents is 1. The zero-order valence-corrected chi connectivity index (χ0v) is 9.50. The largest absolute Gasteiger partial charge is 0.481 e. The molecule has 0 aliphatic heterocycles. The van der Waals surface area contributed by atoms with Gasteiger partial charge in [0.05, 0.1) is 28.5 Å². The Labute approximate surface area is 106 Å². The molecule has 0 bridgehead atoms. The van der Waals surface area contributed by atoms with Gasteiger partial charge in [-0.15, -0.1) is 0 Å². The molecule has 1 fully saturated rings. The van der Waals surface area contributed by atoms with Gasteiger partial charge in [0.2, 0.25) is 5.91 Å². The molecule has 1 aromatic carbocycles. The Bertz CT molecular complexity index is 574. The van der Waals surface area contributed by atoms with Crippen LogP contribution in [0, 0.1) is 27.8 Å². The van der Waals surface area contributed by atoms with Gasteiger partial charge in [0, 0.05) is 6.07 Å². The number of nitro benzene ring substituents is 1. The molecule has 1 aliphatic rings. The van der Waals surface area contributed by atoms with Gasteiger partial charge in [-0.25, -0.2) is 4.39 Å². The Morgan fingerprint density at radius 2 is 2.11 bits per heavy atom. The van der Waals surface area contributed by atoms with E-state index in [1.807, 2.05) is 0 Å². The fourth-order valence-electron chi connectivity index (χ4n) is 1.70. The van der Waals surface area contributed by atoms with Crippen molar-refractivity contribution in [2.24, 2.45) is 11.8 Å². The van der Waals surface area contributed by atoms with Crippen molar-refractivity contribution in [2.45, 2.75) is 6.42 Å². The van der Waals surface area contributed by atoms with Crippen LogP contribution in [0.5, 0.6) is 0 Å². The van der Waals surface area contributed by atoms with E-state index in [0.717, 1.165) is 12.1 Å². The number of halogens is 1. The molecule has 1 aromatic rings. The number of aliphatic carboxylic acids is 1. The lowest BCUT2D eigenvalue weighted by atomic mass is 10.2. The maximum absolute atomic E-state index is 13.5. The van der Waals surface area contributed by atoms with Gasteiger partial charge in [-0.2, -0.15) is 0 Å². The summed E-state index contributed by atoms with van der Waals surface area (Å²) >= 11 is 0. The zero-order chi connectivity index (χ0) is 14.2. The van der Waals surface area contributed by atoms with Crippen molar-refractivity contribution in [2.75, 3.05) is 5.32 Å². The fraction of sp³-hybridized carbons (Fsp3) is 0.273. The number of rotatable bonds is 4. The van der Waals surface area contributed by atoms with E-state index < -0.39 is 40.1 Å². The third-order valence-corrected chi connectivity index (χ3v) is 2.87. The van der Waals surface area contributed by atoms with Gasteiger partial charge in [0.1, 0.15) is 0 Å². The summed E-state index contributed by atoms with van der Waals surface area (Å²) in [6, 6.07) is 2.82. The molecular weight excluding hydrogens is 259 g/mol. The topological polar surface area (TPSA) is 110 Å². The summed E-state index contributed by atoms with van der Waals surface area (Å²) in [7, 11) is 0. The van der Waals surface area contributed by atoms with E-state index in [4.69, 9.17) is 5.11 Å². The van der Waals surface area contributed by atoms with Crippen molar-refractivity contribution in [3.8, 4) is 0 Å². The van der Waals surface area contributed by atoms with Gasteiger partial charge >= 0.3 is 5.97 Å². The molecule has 0 saturated heterocycles. The molecule has 2 rings (SSSR count). The number of nitro groups is 1. The summed E-state index contributed by atoms with van der Waals surface area (Å²) in [5, 5.41) is 21.3. The Morgan fingerprint density at radius 3 is 2.58 bits per heavy atom. The number of benzene rings is 1. The number of anilines is 1. The van der Waals surface area contributed by atoms with Crippen molar-refractivity contribution in [1.82, 2.24) is 0 Å². The lowest BCUT2D eigenvalue weighted by Gasteiger charge is -2.05. The number of nitrogens with one attached hydrogen (secondary N) is 1. The predicted molar refractivity (Wildman–Crippen MR) is 60.9 cm³/mol. The first kappa shape index (κ1) is 12.9. The monoisotopic (exact) mass is 268 g/mol. The first-order valence-electron chi connectivity index (χ1n) is 5.37. The van der Waals surface area contributed by atoms with Gasteiger partial charge in [-0.3, -0.25) is 19.7 Å². The number of hydrogen-bond acceptors (Lipinski definition) is 4. The molecule has 8 heteroatoms. The van der Waals surface area contributed by atoms with Crippen LogP contribution >= 0.6 is 0 Å². The third-order valence-electron chi connectivity index (χ3n) is 2.87. The van der Waals surface area contributed by atoms with Gasteiger partial charge in [-0.05, 0) is 12.5 Å². The summed E-state index contributed by atoms with van der Waals surface area (Å²) in [5.41, 5.74) is -0.628. The molecule has 2 unspecified atom stereocenters. The van der Waals surface area contributed by atoms with Crippen molar-refractivity contribution in [3.05, 3.63) is 34.1 Å². The second-order valence-corrected chi connectivity index (χ2v) is 4.20. The van der Waals surface area contributed by atoms with E-state index in [1.54, 1.807) is 0 Å². The highest BCUT2D eigenvalue weighted by Gasteiger charge is 2.48. The maximum Gasteiger partial charge on any atom is 0.307 e. The summed E-state index contributed by atoms with van der Waals surface area (Å²) in [6.45, 7) is 0. The molecule has 0 spiro atoms. The fourth-order valence-corrected chi connectivity index (χ4v) is 1.70. The second kappa shape index (κ2) is 4.63. The normalized spacial score (nSPS) is 20.7. The molecule has 1 amide bonds. The average molecular weight is 268 g/mol. The van der Waals surface area contributed by atoms with Crippen molar-refractivity contribution in [1.29, 1.82) is 0 Å². The summed E-state index contributed by atoms with van der Waals surface area (Å²) < 4.78 is 13.5. The van der Waals surface area contributed by atoms with E-state index in [2.05, 4.69) is 5.32 Å². The summed E-state index contributed by atoms with van der Waals surface area (Å²) in [5.74, 6) is -4.01. The Morgan fingerprint density at radius 1 is 1.42 bits per heavy atom. The number of carboxylic acid groups (broad SMARTS) is 1. The molecule has 0 radical (unpaired) electrons. The van der Waals surface area contributed by atoms with Crippen LogP contribution in [0.4, 0.5) is 15.8 Å². The molecule has 0 aromatic heterocycles. The number of nitrogens with zero attached hydrogens (tertiary/aromatic N) is 1. The first-order valence-corrected chi connectivity index (χ1v) is 5.37. The zero-order valence-electron chi connectivity index (χ0n) is 9.50. The Kier molecular flexibility index (Phi) is 3.16. The van der Waals surface area contributed by atoms with Crippen LogP contribution in [0.15, 0.2) is 18.2 Å². The predicted octanol–water partition coefficient (Wildman–Crippen LogP) is 1.39. The molecule has 19 heavy (non-hydrogen) atoms. The highest BCUT2D eigenvalue weighted by atomic mass is 19.1. The molecule has 100 valence electrons. The molecule has 7 nitrogen and oxygen atoms in total. The first-order chi connectivity index (χ1) is 8.90. The van der Waals surface area contributed by atoms with Gasteiger partial charge in [0.15, 0.2) is 5.82 Å². The van der Waals surface area contributed by atoms with E-state index in [-0.39, 0.29) is 12.1 Å². The third kappa shape index (κ3) is 2.67. The lowest BCUT2D eigenvalue weighted by molar-refractivity contribution is -0.385. The SMILES string of the molecule is O=C(O)C1CC1C(=O)Nc1ccc([N+](=O)[O-])cc1F. The minimum absolute atomic E-state index is 0.202. The number of carbonyl (C=O) groups excluding carboxylic acids is 1. The lowest BCUT2D eigenvalue weighted by Crippen LogP contribution is -2.17. The Balaban J connectivity index is 2.06. The van der Waals surface area contributed by atoms with E-state index in [9.17, 15) is 24.1 Å². The van der Waals surface area contributed by atoms with Crippen molar-refractivity contribution >= 4 is 23.3 Å². The highest BCUT2D eigenvalue weighted by Crippen LogP contribution is 2.39. The van der Waals surface area contributed by atoms with Crippen LogP contribution in [0.3, 0.4) is 0 Å². The second-order valence-electron chi connectivity index (χ2n) is 4.20. The Hall–Kier alpha value is -2.51. The van der Waals surface area contributed by atoms with Crippen LogP contribution < -0.4 is 5.32 Å². The minimum atomic E-state index is -1.07. The van der Waals surface area contributed by atoms with Crippen molar-refractivity contribution < 1.29 is 24.0 Å². The molecule has 1 saturated carbocycles. The van der Waals surface area contributed by atoms with E-state index in [0.29, 0.717) is 6.07 Å². The molecular formula is C11H9FN2O5. The van der Waals surface area contributed by atoms with Crippen LogP contribution in [0.25, 0.3) is 0 Å². The molecule has 1 aliphatic carbocycles. The maximum atomic E-state index is 13.5. The average Bonchev–Trinajstić information content (AvgIpc) is 3.11. The van der Waals surface area contributed by atoms with E-state index in [1.165, 1.54) is 0 Å². The van der Waals surface area contributed by atoms with Crippen LogP contribution in [0.1, 0.15) is 6.42 Å². The summed E-state index contributed by atoms with van der Waals surface area (Å²) in [4.78, 5) is 31.8. The van der Waals surface area contributed by atoms with Crippen molar-refractivity contribution in [3.63, 3.8) is 0 Å². The minimum Gasteiger partial charge on any atom is -0.481 e. The van der Waals surface area contributed by atoms with E-state index >= 15 is 0 Å². The number of amides is 1. The molecule has 0 heterocycles. The number of hydrogen-bond donors (Lipinski definition) is 2. The van der Waals surface area contributed by atoms with Crippen LogP contribution in [-0.2, 0) is 9.59 Å². The van der Waals surface area contributed by atoms with Gasteiger partial charge in [-0.1, -0.05) is 0 Å². The summed E-state index contributed by atoms with van der Waals surface area (Å²) in [6.07, 6.45) is 0.218. The smallest absolute Gasteiger partial charge is 0.307 e. The van der Waals surface area contributed by atoms with Crippen LogP contribution in [0.2, 0.25) is 0 Å². The molecule has 2 atom stereocenters. The van der Waals surface area contributed by atoms with Gasteiger partial charge < -0.3 is 10.4 Å². The number of carboxylic acids is 1. The number of carbonyl (C=O) groups is 2.